The van der Waals surface area contributed by atoms with Crippen molar-refractivity contribution in [1.29, 1.82) is 0 Å². The third-order valence-corrected chi connectivity index (χ3v) is 10.3. The molecule has 5 aromatic carbocycles. The first kappa shape index (κ1) is 39.6. The molecule has 5 aromatic rings. The number of hydrogen-bond donors (Lipinski definition) is 0. The van der Waals surface area contributed by atoms with E-state index in [0.717, 1.165) is 16.7 Å². The van der Waals surface area contributed by atoms with E-state index in [-0.39, 0.29) is 32.2 Å². The van der Waals surface area contributed by atoms with Crippen LogP contribution in [0.3, 0.4) is 0 Å². The topological polar surface area (TPSA) is 81.7 Å². The van der Waals surface area contributed by atoms with Crippen molar-refractivity contribution < 1.29 is 42.3 Å². The summed E-state index contributed by atoms with van der Waals surface area (Å²) in [6.07, 6.45) is -3.10. The van der Waals surface area contributed by atoms with E-state index in [9.17, 15) is 9.18 Å². The van der Waals surface area contributed by atoms with Gasteiger partial charge in [0, 0.05) is 10.6 Å². The van der Waals surface area contributed by atoms with Crippen LogP contribution in [0.5, 0.6) is 5.75 Å². The molecular formula is C46H46ClFO8. The Bertz CT molecular complexity index is 2070. The zero-order valence-corrected chi connectivity index (χ0v) is 32.5. The first-order valence-electron chi connectivity index (χ1n) is 18.9. The molecular weight excluding hydrogens is 735 g/mol. The molecule has 0 saturated carbocycles. The standard InChI is InChI=1S/C46H46ClFO8/c1-4-50-40-23-20-35(25-39(40)48)24-36-26-37(21-22-38(36)47)46-43(53-29-34-18-12-7-13-19-34)41(51-27-32-14-8-5-9-15-32)42(52-28-33-16-10-6-11-17-33)45(56-46,30-54-46)44(49)55-31(2)3/h5-23,25-26,31,41-43H,4,24,27-30H2,1-3H3/t41-,42-,43+,45-,46-/m0/s1. The van der Waals surface area contributed by atoms with Gasteiger partial charge in [-0.05, 0) is 79.3 Å². The summed E-state index contributed by atoms with van der Waals surface area (Å²) in [6, 6.07) is 39.5. The molecule has 10 heteroatoms. The van der Waals surface area contributed by atoms with E-state index in [2.05, 4.69) is 0 Å². The average Bonchev–Trinajstić information content (AvgIpc) is 3.57. The summed E-state index contributed by atoms with van der Waals surface area (Å²) in [5, 5.41) is 0.460. The summed E-state index contributed by atoms with van der Waals surface area (Å²) in [6.45, 7) is 6.01. The number of fused-ring (bicyclic) bond motifs is 2. The molecule has 2 saturated heterocycles. The minimum atomic E-state index is -1.76. The number of halogens is 2. The van der Waals surface area contributed by atoms with Crippen LogP contribution in [-0.4, -0.2) is 49.2 Å². The summed E-state index contributed by atoms with van der Waals surface area (Å²) < 4.78 is 60.7. The van der Waals surface area contributed by atoms with Crippen LogP contribution in [0.4, 0.5) is 4.39 Å². The lowest BCUT2D eigenvalue weighted by Crippen LogP contribution is -2.69. The summed E-state index contributed by atoms with van der Waals surface area (Å²) in [7, 11) is 0. The van der Waals surface area contributed by atoms with E-state index in [0.29, 0.717) is 34.7 Å². The van der Waals surface area contributed by atoms with Crippen molar-refractivity contribution in [1.82, 2.24) is 0 Å². The van der Waals surface area contributed by atoms with E-state index >= 15 is 0 Å². The highest BCUT2D eigenvalue weighted by molar-refractivity contribution is 6.31. The van der Waals surface area contributed by atoms with E-state index in [4.69, 9.17) is 44.8 Å². The zero-order valence-electron chi connectivity index (χ0n) is 31.7. The molecule has 0 radical (unpaired) electrons. The molecule has 2 aliphatic rings. The summed E-state index contributed by atoms with van der Waals surface area (Å²) in [5.74, 6) is -2.62. The SMILES string of the molecule is CCOc1ccc(Cc2cc([C@]34OC[C@](C(=O)OC(C)C)(O3)[C@@H](OCc3ccccc3)[C@H](OCc3ccccc3)[C@H]4OCc3ccccc3)ccc2Cl)cc1F. The van der Waals surface area contributed by atoms with Crippen LogP contribution < -0.4 is 4.74 Å². The van der Waals surface area contributed by atoms with Gasteiger partial charge in [0.1, 0.15) is 18.3 Å². The van der Waals surface area contributed by atoms with Gasteiger partial charge in [0.25, 0.3) is 0 Å². The second-order valence-corrected chi connectivity index (χ2v) is 14.7. The van der Waals surface area contributed by atoms with Crippen LogP contribution in [0, 0.1) is 5.82 Å². The van der Waals surface area contributed by atoms with Crippen molar-refractivity contribution in [3.8, 4) is 5.75 Å². The van der Waals surface area contributed by atoms with E-state index in [1.165, 1.54) is 6.07 Å². The smallest absolute Gasteiger partial charge is 0.344 e. The molecule has 292 valence electrons. The van der Waals surface area contributed by atoms with E-state index in [1.54, 1.807) is 45.0 Å². The van der Waals surface area contributed by atoms with Gasteiger partial charge in [0.2, 0.25) is 11.4 Å². The molecule has 0 amide bonds. The third-order valence-electron chi connectivity index (χ3n) is 9.92. The highest BCUT2D eigenvalue weighted by Gasteiger charge is 2.73. The predicted molar refractivity (Wildman–Crippen MR) is 210 cm³/mol. The molecule has 0 unspecified atom stereocenters. The van der Waals surface area contributed by atoms with Crippen LogP contribution in [0.25, 0.3) is 0 Å². The second kappa shape index (κ2) is 17.7. The quantitative estimate of drug-likeness (QED) is 0.0918. The Balaban J connectivity index is 1.34. The number of carbonyl (C=O) groups excluding carboxylic acids is 1. The van der Waals surface area contributed by atoms with Gasteiger partial charge in [-0.25, -0.2) is 9.18 Å². The Morgan fingerprint density at radius 2 is 1.36 bits per heavy atom. The molecule has 0 N–H and O–H groups in total. The van der Waals surface area contributed by atoms with Crippen LogP contribution in [0.2, 0.25) is 5.02 Å². The first-order chi connectivity index (χ1) is 27.2. The van der Waals surface area contributed by atoms with Gasteiger partial charge in [-0.15, -0.1) is 0 Å². The number of benzene rings is 5. The number of esters is 1. The number of carbonyl (C=O) groups is 1. The average molecular weight is 781 g/mol. The second-order valence-electron chi connectivity index (χ2n) is 14.3. The Morgan fingerprint density at radius 1 is 0.768 bits per heavy atom. The number of hydrogen-bond acceptors (Lipinski definition) is 8. The van der Waals surface area contributed by atoms with Crippen molar-refractivity contribution in [3.63, 3.8) is 0 Å². The minimum absolute atomic E-state index is 0.152. The van der Waals surface area contributed by atoms with E-state index in [1.807, 2.05) is 97.1 Å². The van der Waals surface area contributed by atoms with Gasteiger partial charge in [-0.1, -0.05) is 115 Å². The van der Waals surface area contributed by atoms with Crippen LogP contribution >= 0.6 is 11.6 Å². The van der Waals surface area contributed by atoms with Crippen molar-refractivity contribution in [2.45, 2.75) is 82.8 Å². The van der Waals surface area contributed by atoms with Gasteiger partial charge in [-0.3, -0.25) is 0 Å². The van der Waals surface area contributed by atoms with Crippen molar-refractivity contribution in [2.75, 3.05) is 13.2 Å². The highest BCUT2D eigenvalue weighted by Crippen LogP contribution is 2.54. The molecule has 0 aromatic heterocycles. The first-order valence-corrected chi connectivity index (χ1v) is 19.3. The van der Waals surface area contributed by atoms with Gasteiger partial charge >= 0.3 is 5.97 Å². The molecule has 0 aliphatic carbocycles. The van der Waals surface area contributed by atoms with Crippen LogP contribution in [-0.2, 0) is 65.2 Å². The largest absolute Gasteiger partial charge is 0.491 e. The minimum Gasteiger partial charge on any atom is -0.491 e. The van der Waals surface area contributed by atoms with Gasteiger partial charge in [0.15, 0.2) is 11.6 Å². The van der Waals surface area contributed by atoms with Crippen molar-refractivity contribution >= 4 is 17.6 Å². The van der Waals surface area contributed by atoms with Crippen molar-refractivity contribution in [2.24, 2.45) is 0 Å². The number of ether oxygens (including phenoxy) is 7. The fourth-order valence-corrected chi connectivity index (χ4v) is 7.46. The molecule has 5 atom stereocenters. The third kappa shape index (κ3) is 8.54. The normalized spacial score (nSPS) is 22.9. The maximum Gasteiger partial charge on any atom is 0.344 e. The Morgan fingerprint density at radius 3 is 1.93 bits per heavy atom. The molecule has 2 fully saturated rings. The van der Waals surface area contributed by atoms with Crippen LogP contribution in [0.15, 0.2) is 127 Å². The molecule has 8 nitrogen and oxygen atoms in total. The zero-order chi connectivity index (χ0) is 39.1. The van der Waals surface area contributed by atoms with Gasteiger partial charge < -0.3 is 33.2 Å². The highest BCUT2D eigenvalue weighted by atomic mass is 35.5. The molecule has 0 spiro atoms. The maximum absolute atomic E-state index is 15.0. The fourth-order valence-electron chi connectivity index (χ4n) is 7.27. The molecule has 56 heavy (non-hydrogen) atoms. The Hall–Kier alpha value is -4.61. The molecule has 7 rings (SSSR count). The summed E-state index contributed by atoms with van der Waals surface area (Å²) >= 11 is 6.84. The fraction of sp³-hybridized carbons (Fsp3) is 0.326. The van der Waals surface area contributed by atoms with Gasteiger partial charge in [0.05, 0.1) is 39.1 Å². The molecule has 2 heterocycles. The lowest BCUT2D eigenvalue weighted by molar-refractivity contribution is -0.346. The van der Waals surface area contributed by atoms with E-state index < -0.39 is 47.6 Å². The van der Waals surface area contributed by atoms with Crippen molar-refractivity contribution in [3.05, 3.63) is 172 Å². The van der Waals surface area contributed by atoms with Gasteiger partial charge in [-0.2, -0.15) is 0 Å². The number of rotatable bonds is 16. The monoisotopic (exact) mass is 780 g/mol. The Kier molecular flexibility index (Phi) is 12.5. The maximum atomic E-state index is 15.0. The lowest BCUT2D eigenvalue weighted by Gasteiger charge is -2.50. The predicted octanol–water partition coefficient (Wildman–Crippen LogP) is 9.13. The summed E-state index contributed by atoms with van der Waals surface area (Å²) in [4.78, 5) is 14.5. The van der Waals surface area contributed by atoms with Crippen LogP contribution in [0.1, 0.15) is 54.2 Å². The molecule has 2 bridgehead atoms. The Labute approximate surface area is 332 Å². The lowest BCUT2D eigenvalue weighted by atomic mass is 9.82. The summed E-state index contributed by atoms with van der Waals surface area (Å²) in [5.41, 5.74) is 2.87. The molecule has 2 aliphatic heterocycles.